The lowest BCUT2D eigenvalue weighted by Gasteiger charge is -2.35. The Bertz CT molecular complexity index is 423. The fourth-order valence-corrected chi connectivity index (χ4v) is 3.59. The predicted molar refractivity (Wildman–Crippen MR) is 80.9 cm³/mol. The Morgan fingerprint density at radius 1 is 1.32 bits per heavy atom. The molecule has 0 radical (unpaired) electrons. The lowest BCUT2D eigenvalue weighted by molar-refractivity contribution is 0.212. The minimum Gasteiger partial charge on any atom is -0.312 e. The molecule has 5 heteroatoms. The highest BCUT2D eigenvalue weighted by Crippen LogP contribution is 2.36. The first-order chi connectivity index (χ1) is 9.08. The van der Waals surface area contributed by atoms with E-state index in [0.29, 0.717) is 0 Å². The SMILES string of the molecule is Cc1nn(C)c(Cl)c1CNCC1(CCl)CCCCC1. The maximum Gasteiger partial charge on any atom is 0.131 e. The van der Waals surface area contributed by atoms with Crippen LogP contribution >= 0.6 is 23.2 Å². The van der Waals surface area contributed by atoms with Gasteiger partial charge in [0.15, 0.2) is 0 Å². The zero-order valence-electron chi connectivity index (χ0n) is 11.8. The number of nitrogens with zero attached hydrogens (tertiary/aromatic N) is 2. The molecule has 1 aromatic rings. The van der Waals surface area contributed by atoms with Gasteiger partial charge in [0.25, 0.3) is 0 Å². The number of nitrogens with one attached hydrogen (secondary N) is 1. The molecule has 1 aromatic heterocycles. The molecule has 0 saturated heterocycles. The Kier molecular flexibility index (Phi) is 5.15. The van der Waals surface area contributed by atoms with Crippen molar-refractivity contribution in [3.05, 3.63) is 16.4 Å². The van der Waals surface area contributed by atoms with Crippen LogP contribution in [0.1, 0.15) is 43.4 Å². The highest BCUT2D eigenvalue weighted by Gasteiger charge is 2.30. The molecular weight excluding hydrogens is 281 g/mol. The number of halogens is 2. The molecule has 1 aliphatic rings. The predicted octanol–water partition coefficient (Wildman–Crippen LogP) is 3.66. The number of alkyl halides is 1. The highest BCUT2D eigenvalue weighted by atomic mass is 35.5. The topological polar surface area (TPSA) is 29.9 Å². The van der Waals surface area contributed by atoms with Gasteiger partial charge in [-0.15, -0.1) is 11.6 Å². The van der Waals surface area contributed by atoms with Crippen LogP contribution < -0.4 is 5.32 Å². The number of aromatic nitrogens is 2. The molecule has 0 amide bonds. The van der Waals surface area contributed by atoms with Gasteiger partial charge < -0.3 is 5.32 Å². The van der Waals surface area contributed by atoms with E-state index in [4.69, 9.17) is 23.2 Å². The number of aryl methyl sites for hydroxylation is 2. The fraction of sp³-hybridized carbons (Fsp3) is 0.786. The third-order valence-corrected chi connectivity index (χ3v) is 5.31. The van der Waals surface area contributed by atoms with Gasteiger partial charge in [-0.05, 0) is 25.2 Å². The first-order valence-electron chi connectivity index (χ1n) is 7.03. The van der Waals surface area contributed by atoms with Gasteiger partial charge in [-0.25, -0.2) is 0 Å². The number of rotatable bonds is 5. The van der Waals surface area contributed by atoms with Crippen molar-refractivity contribution in [3.63, 3.8) is 0 Å². The summed E-state index contributed by atoms with van der Waals surface area (Å²) in [6.45, 7) is 3.75. The van der Waals surface area contributed by atoms with E-state index in [9.17, 15) is 0 Å². The molecule has 108 valence electrons. The van der Waals surface area contributed by atoms with E-state index in [0.717, 1.165) is 35.4 Å². The standard InChI is InChI=1S/C14H23Cl2N3/c1-11-12(13(16)19(2)18-11)8-17-10-14(9-15)6-4-3-5-7-14/h17H,3-10H2,1-2H3. The van der Waals surface area contributed by atoms with Crippen LogP contribution in [0.25, 0.3) is 0 Å². The van der Waals surface area contributed by atoms with Crippen molar-refractivity contribution in [3.8, 4) is 0 Å². The van der Waals surface area contributed by atoms with Crippen LogP contribution in [0.15, 0.2) is 0 Å². The number of hydrogen-bond acceptors (Lipinski definition) is 2. The summed E-state index contributed by atoms with van der Waals surface area (Å²) in [7, 11) is 1.88. The molecule has 0 aromatic carbocycles. The van der Waals surface area contributed by atoms with E-state index in [1.807, 2.05) is 14.0 Å². The lowest BCUT2D eigenvalue weighted by Crippen LogP contribution is -2.37. The van der Waals surface area contributed by atoms with Gasteiger partial charge >= 0.3 is 0 Å². The minimum atomic E-state index is 0.280. The second-order valence-electron chi connectivity index (χ2n) is 5.78. The van der Waals surface area contributed by atoms with E-state index in [-0.39, 0.29) is 5.41 Å². The van der Waals surface area contributed by atoms with Gasteiger partial charge in [-0.3, -0.25) is 4.68 Å². The van der Waals surface area contributed by atoms with Gasteiger partial charge in [0.2, 0.25) is 0 Å². The largest absolute Gasteiger partial charge is 0.312 e. The van der Waals surface area contributed by atoms with Crippen molar-refractivity contribution >= 4 is 23.2 Å². The summed E-state index contributed by atoms with van der Waals surface area (Å²) in [5, 5.41) is 8.60. The lowest BCUT2D eigenvalue weighted by atomic mass is 9.75. The average molecular weight is 304 g/mol. The molecule has 1 N–H and O–H groups in total. The van der Waals surface area contributed by atoms with Crippen LogP contribution in [0.2, 0.25) is 5.15 Å². The van der Waals surface area contributed by atoms with E-state index in [2.05, 4.69) is 10.4 Å². The summed E-state index contributed by atoms with van der Waals surface area (Å²) >= 11 is 12.4. The zero-order chi connectivity index (χ0) is 13.9. The summed E-state index contributed by atoms with van der Waals surface area (Å²) in [6.07, 6.45) is 6.45. The third kappa shape index (κ3) is 3.45. The second-order valence-corrected chi connectivity index (χ2v) is 6.40. The molecule has 1 saturated carbocycles. The van der Waals surface area contributed by atoms with Crippen molar-refractivity contribution in [1.82, 2.24) is 15.1 Å². The fourth-order valence-electron chi connectivity index (χ4n) is 2.99. The first-order valence-corrected chi connectivity index (χ1v) is 7.94. The molecule has 1 aliphatic carbocycles. The van der Waals surface area contributed by atoms with Crippen molar-refractivity contribution in [2.24, 2.45) is 12.5 Å². The number of hydrogen-bond donors (Lipinski definition) is 1. The summed E-state index contributed by atoms with van der Waals surface area (Å²) < 4.78 is 1.73. The van der Waals surface area contributed by atoms with Gasteiger partial charge in [-0.1, -0.05) is 30.9 Å². The van der Waals surface area contributed by atoms with Crippen LogP contribution in [-0.4, -0.2) is 22.2 Å². The molecule has 0 spiro atoms. The first kappa shape index (κ1) is 15.1. The normalized spacial score (nSPS) is 18.7. The summed E-state index contributed by atoms with van der Waals surface area (Å²) in [6, 6.07) is 0. The summed E-state index contributed by atoms with van der Waals surface area (Å²) in [5.41, 5.74) is 2.39. The molecule has 0 bridgehead atoms. The van der Waals surface area contributed by atoms with Crippen LogP contribution in [0.5, 0.6) is 0 Å². The van der Waals surface area contributed by atoms with Gasteiger partial charge in [0.05, 0.1) is 5.69 Å². The monoisotopic (exact) mass is 303 g/mol. The molecular formula is C14H23Cl2N3. The Morgan fingerprint density at radius 3 is 2.53 bits per heavy atom. The Morgan fingerprint density at radius 2 is 2.00 bits per heavy atom. The van der Waals surface area contributed by atoms with Crippen molar-refractivity contribution < 1.29 is 0 Å². The average Bonchev–Trinajstić information content (AvgIpc) is 2.66. The maximum atomic E-state index is 6.24. The third-order valence-electron chi connectivity index (χ3n) is 4.27. The molecule has 3 nitrogen and oxygen atoms in total. The maximum absolute atomic E-state index is 6.24. The van der Waals surface area contributed by atoms with Crippen LogP contribution in [-0.2, 0) is 13.6 Å². The molecule has 0 aliphatic heterocycles. The Balaban J connectivity index is 1.92. The Labute approximate surface area is 125 Å². The Hall–Kier alpha value is -0.250. The molecule has 0 unspecified atom stereocenters. The molecule has 1 heterocycles. The van der Waals surface area contributed by atoms with E-state index in [1.54, 1.807) is 4.68 Å². The van der Waals surface area contributed by atoms with E-state index >= 15 is 0 Å². The molecule has 1 fully saturated rings. The van der Waals surface area contributed by atoms with Crippen LogP contribution in [0.3, 0.4) is 0 Å². The highest BCUT2D eigenvalue weighted by molar-refractivity contribution is 6.30. The van der Waals surface area contributed by atoms with Crippen molar-refractivity contribution in [1.29, 1.82) is 0 Å². The molecule has 19 heavy (non-hydrogen) atoms. The second kappa shape index (κ2) is 6.47. The van der Waals surface area contributed by atoms with Gasteiger partial charge in [0, 0.05) is 31.6 Å². The van der Waals surface area contributed by atoms with Gasteiger partial charge in [-0.2, -0.15) is 5.10 Å². The van der Waals surface area contributed by atoms with Crippen molar-refractivity contribution in [2.75, 3.05) is 12.4 Å². The van der Waals surface area contributed by atoms with E-state index < -0.39 is 0 Å². The van der Waals surface area contributed by atoms with E-state index in [1.165, 1.54) is 32.1 Å². The van der Waals surface area contributed by atoms with Crippen LogP contribution in [0.4, 0.5) is 0 Å². The smallest absolute Gasteiger partial charge is 0.131 e. The minimum absolute atomic E-state index is 0.280. The zero-order valence-corrected chi connectivity index (χ0v) is 13.3. The molecule has 0 atom stereocenters. The summed E-state index contributed by atoms with van der Waals surface area (Å²) in [5.74, 6) is 0.750. The van der Waals surface area contributed by atoms with Gasteiger partial charge in [0.1, 0.15) is 5.15 Å². The summed E-state index contributed by atoms with van der Waals surface area (Å²) in [4.78, 5) is 0. The quantitative estimate of drug-likeness (QED) is 0.841. The van der Waals surface area contributed by atoms with Crippen molar-refractivity contribution in [2.45, 2.75) is 45.6 Å². The molecule has 2 rings (SSSR count). The van der Waals surface area contributed by atoms with Crippen LogP contribution in [0, 0.1) is 12.3 Å².